The van der Waals surface area contributed by atoms with Gasteiger partial charge in [-0.25, -0.2) is 4.89 Å². The van der Waals surface area contributed by atoms with Crippen molar-refractivity contribution in [2.24, 2.45) is 0 Å². The second-order valence-electron chi connectivity index (χ2n) is 5.27. The number of ether oxygens (including phenoxy) is 2. The van der Waals surface area contributed by atoms with E-state index in [1.807, 2.05) is 6.08 Å². The van der Waals surface area contributed by atoms with Crippen LogP contribution in [0.3, 0.4) is 0 Å². The average Bonchev–Trinajstić information content (AvgIpc) is 2.44. The third kappa shape index (κ3) is 3.63. The molecular weight excluding hydrogens is 324 g/mol. The molecule has 5 heteroatoms. The van der Waals surface area contributed by atoms with E-state index in [1.165, 1.54) is 0 Å². The van der Waals surface area contributed by atoms with Crippen LogP contribution in [0.5, 0.6) is 0 Å². The van der Waals surface area contributed by atoms with Gasteiger partial charge in [-0.2, -0.15) is 0 Å². The molecule has 6 atom stereocenters. The first-order valence-electron chi connectivity index (χ1n) is 7.05. The first kappa shape index (κ1) is 16.0. The van der Waals surface area contributed by atoms with Gasteiger partial charge in [-0.1, -0.05) is 34.9 Å². The summed E-state index contributed by atoms with van der Waals surface area (Å²) in [6, 6.07) is 0. The summed E-state index contributed by atoms with van der Waals surface area (Å²) < 4.78 is 12.2. The normalized spacial score (nSPS) is 41.3. The fourth-order valence-corrected chi connectivity index (χ4v) is 3.77. The zero-order valence-electron chi connectivity index (χ0n) is 11.6. The van der Waals surface area contributed by atoms with E-state index in [4.69, 9.17) is 21.2 Å². The Morgan fingerprint density at radius 2 is 2.10 bits per heavy atom. The summed E-state index contributed by atoms with van der Waals surface area (Å²) in [5, 5.41) is 9.05. The maximum absolute atomic E-state index is 9.05. The molecule has 0 aliphatic carbocycles. The van der Waals surface area contributed by atoms with Crippen molar-refractivity contribution < 1.29 is 19.6 Å². The molecule has 3 saturated heterocycles. The molecule has 3 heterocycles. The van der Waals surface area contributed by atoms with Crippen LogP contribution in [0.15, 0.2) is 12.2 Å². The first-order chi connectivity index (χ1) is 9.69. The van der Waals surface area contributed by atoms with E-state index in [-0.39, 0.29) is 35.3 Å². The molecule has 0 spiro atoms. The Kier molecular flexibility index (Phi) is 6.06. The molecular formula is C15H21BrO4. The van der Waals surface area contributed by atoms with Crippen molar-refractivity contribution in [2.45, 2.75) is 68.0 Å². The highest BCUT2D eigenvalue weighted by Gasteiger charge is 2.44. The van der Waals surface area contributed by atoms with Gasteiger partial charge in [-0.3, -0.25) is 5.26 Å². The molecule has 20 heavy (non-hydrogen) atoms. The Labute approximate surface area is 128 Å². The van der Waals surface area contributed by atoms with Crippen LogP contribution >= 0.6 is 15.9 Å². The van der Waals surface area contributed by atoms with E-state index >= 15 is 0 Å². The molecule has 0 unspecified atom stereocenters. The Balaban J connectivity index is 2.12. The molecule has 0 aromatic carbocycles. The maximum atomic E-state index is 9.05. The van der Waals surface area contributed by atoms with Crippen molar-refractivity contribution in [1.29, 1.82) is 0 Å². The number of hydrogen-bond acceptors (Lipinski definition) is 4. The van der Waals surface area contributed by atoms with Gasteiger partial charge < -0.3 is 9.47 Å². The second-order valence-corrected chi connectivity index (χ2v) is 6.45. The van der Waals surface area contributed by atoms with Crippen LogP contribution in [0.1, 0.15) is 32.6 Å². The number of hydrogen-bond donors (Lipinski definition) is 1. The SMILES string of the molecule is C#C/C=C\C[C@H]1O[C@@H]2C[C@H](Br)[C@@H](CC)O[C@H]1C[C@H]2OO. The number of terminal acetylenes is 1. The van der Waals surface area contributed by atoms with E-state index in [2.05, 4.69) is 33.7 Å². The average molecular weight is 345 g/mol. The van der Waals surface area contributed by atoms with E-state index in [0.29, 0.717) is 12.8 Å². The summed E-state index contributed by atoms with van der Waals surface area (Å²) in [4.78, 5) is 4.78. The lowest BCUT2D eigenvalue weighted by Gasteiger charge is -2.45. The number of alkyl halides is 1. The highest BCUT2D eigenvalue weighted by atomic mass is 79.9. The molecule has 0 aromatic heterocycles. The molecule has 112 valence electrons. The Hall–Kier alpha value is -0.380. The largest absolute Gasteiger partial charge is 0.371 e. The van der Waals surface area contributed by atoms with Crippen LogP contribution < -0.4 is 0 Å². The number of rotatable bonds is 4. The van der Waals surface area contributed by atoms with Crippen LogP contribution in [0.2, 0.25) is 0 Å². The van der Waals surface area contributed by atoms with Crippen molar-refractivity contribution in [3.05, 3.63) is 12.2 Å². The van der Waals surface area contributed by atoms with Crippen LogP contribution in [-0.2, 0) is 14.4 Å². The topological polar surface area (TPSA) is 47.9 Å². The highest BCUT2D eigenvalue weighted by Crippen LogP contribution is 2.36. The molecule has 3 rings (SSSR count). The van der Waals surface area contributed by atoms with Crippen molar-refractivity contribution in [1.82, 2.24) is 0 Å². The predicted molar refractivity (Wildman–Crippen MR) is 79.7 cm³/mol. The first-order valence-corrected chi connectivity index (χ1v) is 7.97. The van der Waals surface area contributed by atoms with Gasteiger partial charge in [-0.05, 0) is 25.3 Å². The summed E-state index contributed by atoms with van der Waals surface area (Å²) in [7, 11) is 0. The van der Waals surface area contributed by atoms with Gasteiger partial charge in [-0.15, -0.1) is 6.42 Å². The van der Waals surface area contributed by atoms with Gasteiger partial charge in [0.05, 0.1) is 24.4 Å². The molecule has 3 fully saturated rings. The van der Waals surface area contributed by atoms with E-state index in [9.17, 15) is 0 Å². The third-order valence-corrected chi connectivity index (χ3v) is 4.94. The number of halogens is 1. The van der Waals surface area contributed by atoms with Crippen molar-refractivity contribution in [3.63, 3.8) is 0 Å². The van der Waals surface area contributed by atoms with Gasteiger partial charge in [0.1, 0.15) is 6.10 Å². The van der Waals surface area contributed by atoms with Crippen molar-refractivity contribution in [2.75, 3.05) is 0 Å². The predicted octanol–water partition coefficient (Wildman–Crippen LogP) is 2.91. The third-order valence-electron chi connectivity index (χ3n) is 3.97. The summed E-state index contributed by atoms with van der Waals surface area (Å²) in [6.07, 6.45) is 11.5. The number of allylic oxidation sites excluding steroid dienone is 1. The maximum Gasteiger partial charge on any atom is 0.121 e. The highest BCUT2D eigenvalue weighted by molar-refractivity contribution is 9.09. The fourth-order valence-electron chi connectivity index (χ4n) is 2.91. The Bertz CT molecular complexity index is 377. The lowest BCUT2D eigenvalue weighted by Crippen LogP contribution is -2.54. The quantitative estimate of drug-likeness (QED) is 0.368. The Morgan fingerprint density at radius 3 is 2.75 bits per heavy atom. The van der Waals surface area contributed by atoms with Crippen molar-refractivity contribution >= 4 is 15.9 Å². The molecule has 2 bridgehead atoms. The monoisotopic (exact) mass is 344 g/mol. The molecule has 1 N–H and O–H groups in total. The van der Waals surface area contributed by atoms with E-state index < -0.39 is 0 Å². The van der Waals surface area contributed by atoms with E-state index in [1.54, 1.807) is 6.08 Å². The van der Waals surface area contributed by atoms with Gasteiger partial charge in [0.25, 0.3) is 0 Å². The van der Waals surface area contributed by atoms with E-state index in [0.717, 1.165) is 12.8 Å². The molecule has 0 saturated carbocycles. The molecule has 4 nitrogen and oxygen atoms in total. The summed E-state index contributed by atoms with van der Waals surface area (Å²) in [6.45, 7) is 2.11. The molecule has 0 radical (unpaired) electrons. The lowest BCUT2D eigenvalue weighted by atomic mass is 9.90. The lowest BCUT2D eigenvalue weighted by molar-refractivity contribution is -0.334. The summed E-state index contributed by atoms with van der Waals surface area (Å²) in [5.74, 6) is 2.48. The zero-order chi connectivity index (χ0) is 14.5. The molecule has 0 aromatic rings. The molecule has 0 amide bonds. The second kappa shape index (κ2) is 7.58. The van der Waals surface area contributed by atoms with Gasteiger partial charge in [0, 0.05) is 11.2 Å². The fraction of sp³-hybridized carbons (Fsp3) is 0.733. The standard InChI is InChI=1S/C15H21BrO4/c1-3-5-6-7-12-14-9-15(20-17)13(19-12)8-10(16)11(4-2)18-14/h1,5-6,10-15,17H,4,7-9H2,2H3/b6-5-/t10-,11+,12+,13+,14-,15+/m0/s1. The molecule has 3 aliphatic rings. The minimum Gasteiger partial charge on any atom is -0.371 e. The summed E-state index contributed by atoms with van der Waals surface area (Å²) >= 11 is 3.66. The minimum absolute atomic E-state index is 0.0370. The minimum atomic E-state index is -0.328. The van der Waals surface area contributed by atoms with Crippen LogP contribution in [-0.4, -0.2) is 40.6 Å². The van der Waals surface area contributed by atoms with Gasteiger partial charge in [0.15, 0.2) is 0 Å². The van der Waals surface area contributed by atoms with Gasteiger partial charge in [0.2, 0.25) is 0 Å². The van der Waals surface area contributed by atoms with Crippen LogP contribution in [0, 0.1) is 12.3 Å². The smallest absolute Gasteiger partial charge is 0.121 e. The van der Waals surface area contributed by atoms with Crippen LogP contribution in [0.4, 0.5) is 0 Å². The molecule has 3 aliphatic heterocycles. The Morgan fingerprint density at radius 1 is 1.35 bits per heavy atom. The number of fused-ring (bicyclic) bond motifs is 5. The van der Waals surface area contributed by atoms with Crippen LogP contribution in [0.25, 0.3) is 0 Å². The zero-order valence-corrected chi connectivity index (χ0v) is 13.2. The van der Waals surface area contributed by atoms with Crippen molar-refractivity contribution in [3.8, 4) is 12.3 Å². The summed E-state index contributed by atoms with van der Waals surface area (Å²) in [5.41, 5.74) is 0. The van der Waals surface area contributed by atoms with Gasteiger partial charge >= 0.3 is 0 Å².